The first-order valence-corrected chi connectivity index (χ1v) is 4.94. The van der Waals surface area contributed by atoms with E-state index in [0.717, 1.165) is 0 Å². The van der Waals surface area contributed by atoms with E-state index in [1.54, 1.807) is 48.3 Å². The van der Waals surface area contributed by atoms with Crippen LogP contribution in [0.4, 0.5) is 4.39 Å². The van der Waals surface area contributed by atoms with E-state index in [2.05, 4.69) is 5.10 Å². The topological polar surface area (TPSA) is 31.0 Å². The molecular formula is C12H9FN2O. The molecule has 3 aromatic rings. The number of hydrogen-bond acceptors (Lipinski definition) is 2. The average molecular weight is 216 g/mol. The number of halogens is 1. The van der Waals surface area contributed by atoms with Crippen molar-refractivity contribution in [1.82, 2.24) is 9.78 Å². The van der Waals surface area contributed by atoms with E-state index < -0.39 is 0 Å². The van der Waals surface area contributed by atoms with Gasteiger partial charge >= 0.3 is 0 Å². The van der Waals surface area contributed by atoms with Gasteiger partial charge in [0.2, 0.25) is 5.88 Å². The Morgan fingerprint density at radius 3 is 3.00 bits per heavy atom. The van der Waals surface area contributed by atoms with Gasteiger partial charge in [-0.05, 0) is 24.6 Å². The number of aryl methyl sites for hydroxylation is 1. The molecule has 0 bridgehead atoms. The molecule has 0 aliphatic rings. The molecule has 3 rings (SSSR count). The highest BCUT2D eigenvalue weighted by molar-refractivity contribution is 5.80. The minimum Gasteiger partial charge on any atom is -0.438 e. The van der Waals surface area contributed by atoms with Crippen LogP contribution >= 0.6 is 0 Å². The fourth-order valence-electron chi connectivity index (χ4n) is 1.69. The highest BCUT2D eigenvalue weighted by atomic mass is 19.1. The maximum absolute atomic E-state index is 13.8. The summed E-state index contributed by atoms with van der Waals surface area (Å²) in [6.45, 7) is 1.73. The summed E-state index contributed by atoms with van der Waals surface area (Å²) < 4.78 is 20.8. The molecular weight excluding hydrogens is 207 g/mol. The number of rotatable bonds is 1. The van der Waals surface area contributed by atoms with Crippen molar-refractivity contribution in [3.05, 3.63) is 48.0 Å². The summed E-state index contributed by atoms with van der Waals surface area (Å²) in [6.07, 6.45) is 3.40. The number of hydrogen-bond donors (Lipinski definition) is 0. The van der Waals surface area contributed by atoms with E-state index in [4.69, 9.17) is 4.42 Å². The quantitative estimate of drug-likeness (QED) is 0.626. The van der Waals surface area contributed by atoms with Crippen molar-refractivity contribution in [3.63, 3.8) is 0 Å². The lowest BCUT2D eigenvalue weighted by Crippen LogP contribution is -1.90. The molecule has 0 atom stereocenters. The molecule has 0 saturated heterocycles. The summed E-state index contributed by atoms with van der Waals surface area (Å²) in [5, 5.41) is 4.53. The molecule has 0 N–H and O–H groups in total. The molecule has 80 valence electrons. The Labute approximate surface area is 91.1 Å². The molecule has 4 heteroatoms. The highest BCUT2D eigenvalue weighted by Crippen LogP contribution is 2.25. The normalized spacial score (nSPS) is 11.1. The van der Waals surface area contributed by atoms with Gasteiger partial charge in [0.15, 0.2) is 0 Å². The first-order chi connectivity index (χ1) is 7.75. The van der Waals surface area contributed by atoms with Gasteiger partial charge in [-0.2, -0.15) is 5.10 Å². The largest absolute Gasteiger partial charge is 0.438 e. The molecule has 2 heterocycles. The molecule has 0 radical (unpaired) electrons. The molecule has 1 aromatic carbocycles. The van der Waals surface area contributed by atoms with Crippen LogP contribution in [0.25, 0.3) is 16.9 Å². The Bertz CT molecular complexity index is 640. The smallest absolute Gasteiger partial charge is 0.221 e. The van der Waals surface area contributed by atoms with Gasteiger partial charge in [0.05, 0.1) is 5.39 Å². The Kier molecular flexibility index (Phi) is 1.83. The molecule has 0 fully saturated rings. The number of fused-ring (bicyclic) bond motifs is 1. The molecule has 0 unspecified atom stereocenters. The van der Waals surface area contributed by atoms with Crippen molar-refractivity contribution < 1.29 is 8.81 Å². The van der Waals surface area contributed by atoms with Gasteiger partial charge in [0, 0.05) is 18.5 Å². The SMILES string of the molecule is Cc1ccc2oc(-n3cccn3)cc2c1F. The van der Waals surface area contributed by atoms with Crippen LogP contribution in [-0.4, -0.2) is 9.78 Å². The number of nitrogens with zero attached hydrogens (tertiary/aromatic N) is 2. The van der Waals surface area contributed by atoms with Crippen LogP contribution in [-0.2, 0) is 0 Å². The van der Waals surface area contributed by atoms with E-state index >= 15 is 0 Å². The van der Waals surface area contributed by atoms with Crippen LogP contribution in [0.1, 0.15) is 5.56 Å². The third-order valence-corrected chi connectivity index (χ3v) is 2.55. The number of benzene rings is 1. The first kappa shape index (κ1) is 9.15. The fourth-order valence-corrected chi connectivity index (χ4v) is 1.69. The summed E-state index contributed by atoms with van der Waals surface area (Å²) >= 11 is 0. The maximum Gasteiger partial charge on any atom is 0.221 e. The first-order valence-electron chi connectivity index (χ1n) is 4.94. The van der Waals surface area contributed by atoms with Crippen LogP contribution in [0.5, 0.6) is 0 Å². The van der Waals surface area contributed by atoms with Gasteiger partial charge in [-0.15, -0.1) is 0 Å². The number of furan rings is 1. The van der Waals surface area contributed by atoms with Gasteiger partial charge in [-0.3, -0.25) is 0 Å². The Hall–Kier alpha value is -2.10. The summed E-state index contributed by atoms with van der Waals surface area (Å²) in [7, 11) is 0. The van der Waals surface area contributed by atoms with Crippen molar-refractivity contribution in [2.75, 3.05) is 0 Å². The fraction of sp³-hybridized carbons (Fsp3) is 0.0833. The summed E-state index contributed by atoms with van der Waals surface area (Å²) in [5.41, 5.74) is 1.15. The lowest BCUT2D eigenvalue weighted by atomic mass is 10.2. The molecule has 3 nitrogen and oxygen atoms in total. The van der Waals surface area contributed by atoms with Crippen molar-refractivity contribution in [3.8, 4) is 5.88 Å². The van der Waals surface area contributed by atoms with E-state index in [0.29, 0.717) is 22.4 Å². The zero-order chi connectivity index (χ0) is 11.1. The van der Waals surface area contributed by atoms with Crippen LogP contribution in [0, 0.1) is 12.7 Å². The summed E-state index contributed by atoms with van der Waals surface area (Å²) in [6, 6.07) is 6.91. The third-order valence-electron chi connectivity index (χ3n) is 2.55. The van der Waals surface area contributed by atoms with Crippen molar-refractivity contribution in [2.45, 2.75) is 6.92 Å². The number of aromatic nitrogens is 2. The second kappa shape index (κ2) is 3.20. The molecule has 2 aromatic heterocycles. The predicted octanol–water partition coefficient (Wildman–Crippen LogP) is 3.07. The highest BCUT2D eigenvalue weighted by Gasteiger charge is 2.11. The molecule has 0 aliphatic heterocycles. The van der Waals surface area contributed by atoms with E-state index in [-0.39, 0.29) is 5.82 Å². The van der Waals surface area contributed by atoms with Gasteiger partial charge < -0.3 is 4.42 Å². The van der Waals surface area contributed by atoms with Gasteiger partial charge in [-0.1, -0.05) is 6.07 Å². The van der Waals surface area contributed by atoms with Gasteiger partial charge in [0.1, 0.15) is 11.4 Å². The van der Waals surface area contributed by atoms with E-state index in [9.17, 15) is 4.39 Å². The molecule has 0 amide bonds. The van der Waals surface area contributed by atoms with E-state index in [1.807, 2.05) is 0 Å². The van der Waals surface area contributed by atoms with Crippen LogP contribution < -0.4 is 0 Å². The van der Waals surface area contributed by atoms with Crippen LogP contribution in [0.3, 0.4) is 0 Å². The maximum atomic E-state index is 13.8. The second-order valence-corrected chi connectivity index (χ2v) is 3.64. The van der Waals surface area contributed by atoms with Crippen molar-refractivity contribution in [1.29, 1.82) is 0 Å². The molecule has 0 saturated carbocycles. The minimum atomic E-state index is -0.236. The third kappa shape index (κ3) is 1.23. The van der Waals surface area contributed by atoms with Crippen molar-refractivity contribution >= 4 is 11.0 Å². The minimum absolute atomic E-state index is 0.236. The standard InChI is InChI=1S/C12H9FN2O/c1-8-3-4-10-9(12(8)13)7-11(16-10)15-6-2-5-14-15/h2-7H,1H3. The van der Waals surface area contributed by atoms with Crippen molar-refractivity contribution in [2.24, 2.45) is 0 Å². The Morgan fingerprint density at radius 1 is 1.38 bits per heavy atom. The predicted molar refractivity (Wildman–Crippen MR) is 58.0 cm³/mol. The molecule has 0 aliphatic carbocycles. The lowest BCUT2D eigenvalue weighted by molar-refractivity contribution is 0.558. The van der Waals surface area contributed by atoms with Crippen LogP contribution in [0.15, 0.2) is 41.1 Å². The Morgan fingerprint density at radius 2 is 2.25 bits per heavy atom. The molecule has 0 spiro atoms. The van der Waals surface area contributed by atoms with Crippen LogP contribution in [0.2, 0.25) is 0 Å². The van der Waals surface area contributed by atoms with Gasteiger partial charge in [0.25, 0.3) is 0 Å². The Balaban J connectivity index is 2.28. The van der Waals surface area contributed by atoms with E-state index in [1.165, 1.54) is 0 Å². The molecule has 16 heavy (non-hydrogen) atoms. The average Bonchev–Trinajstić information content (AvgIpc) is 2.91. The second-order valence-electron chi connectivity index (χ2n) is 3.64. The summed E-state index contributed by atoms with van der Waals surface area (Å²) in [4.78, 5) is 0. The lowest BCUT2D eigenvalue weighted by Gasteiger charge is -1.94. The van der Waals surface area contributed by atoms with Gasteiger partial charge in [-0.25, -0.2) is 9.07 Å². The zero-order valence-electron chi connectivity index (χ0n) is 8.64. The zero-order valence-corrected chi connectivity index (χ0v) is 8.64. The summed E-state index contributed by atoms with van der Waals surface area (Å²) in [5.74, 6) is 0.282. The monoisotopic (exact) mass is 216 g/mol.